The normalized spacial score (nSPS) is 16.8. The molecule has 30 heavy (non-hydrogen) atoms. The number of aromatic nitrogens is 3. The fourth-order valence-corrected chi connectivity index (χ4v) is 5.11. The molecule has 0 spiro atoms. The Balaban J connectivity index is 1.67. The number of piperidine rings is 1. The van der Waals surface area contributed by atoms with Gasteiger partial charge in [-0.05, 0) is 50.6 Å². The predicted molar refractivity (Wildman–Crippen MR) is 111 cm³/mol. The third kappa shape index (κ3) is 3.91. The van der Waals surface area contributed by atoms with Gasteiger partial charge in [0.1, 0.15) is 5.82 Å². The SMILES string of the molecule is CCOC(=O)C1CCN(C(c2cccc(F)c2)c2sc3nc(CC)nn3c2O)CC1. The summed E-state index contributed by atoms with van der Waals surface area (Å²) in [5.41, 5.74) is 0.750. The molecule has 1 N–H and O–H groups in total. The summed E-state index contributed by atoms with van der Waals surface area (Å²) < 4.78 is 20.7. The molecule has 0 saturated carbocycles. The quantitative estimate of drug-likeness (QED) is 0.600. The van der Waals surface area contributed by atoms with Gasteiger partial charge in [-0.1, -0.05) is 30.4 Å². The summed E-state index contributed by atoms with van der Waals surface area (Å²) in [6.45, 7) is 5.41. The zero-order valence-electron chi connectivity index (χ0n) is 17.0. The summed E-state index contributed by atoms with van der Waals surface area (Å²) >= 11 is 1.36. The zero-order valence-corrected chi connectivity index (χ0v) is 17.9. The van der Waals surface area contributed by atoms with E-state index in [1.54, 1.807) is 13.0 Å². The van der Waals surface area contributed by atoms with Crippen LogP contribution in [0.1, 0.15) is 49.0 Å². The number of aryl methyl sites for hydroxylation is 1. The van der Waals surface area contributed by atoms with Gasteiger partial charge in [0, 0.05) is 6.42 Å². The van der Waals surface area contributed by atoms with Crippen LogP contribution >= 0.6 is 11.3 Å². The molecule has 0 radical (unpaired) electrons. The molecular formula is C21H25FN4O3S. The number of halogens is 1. The summed E-state index contributed by atoms with van der Waals surface area (Å²) in [6, 6.07) is 6.09. The van der Waals surface area contributed by atoms with Crippen molar-refractivity contribution in [2.24, 2.45) is 5.92 Å². The van der Waals surface area contributed by atoms with Crippen LogP contribution in [0.4, 0.5) is 4.39 Å². The lowest BCUT2D eigenvalue weighted by Crippen LogP contribution is -2.39. The first-order valence-electron chi connectivity index (χ1n) is 10.2. The fourth-order valence-electron chi connectivity index (χ4n) is 3.98. The molecule has 1 aromatic carbocycles. The number of benzene rings is 1. The summed E-state index contributed by atoms with van der Waals surface area (Å²) in [5, 5.41) is 15.3. The van der Waals surface area contributed by atoms with Crippen LogP contribution in [0.5, 0.6) is 5.88 Å². The number of carbonyl (C=O) groups excluding carboxylic acids is 1. The third-order valence-corrected chi connectivity index (χ3v) is 6.56. The van der Waals surface area contributed by atoms with Gasteiger partial charge >= 0.3 is 5.97 Å². The molecule has 0 bridgehead atoms. The molecule has 1 aliphatic heterocycles. The van der Waals surface area contributed by atoms with Crippen molar-refractivity contribution in [1.82, 2.24) is 19.5 Å². The number of fused-ring (bicyclic) bond motifs is 1. The molecule has 2 aromatic heterocycles. The Labute approximate surface area is 178 Å². The van der Waals surface area contributed by atoms with Crippen molar-refractivity contribution in [2.75, 3.05) is 19.7 Å². The summed E-state index contributed by atoms with van der Waals surface area (Å²) in [6.07, 6.45) is 2.00. The maximum Gasteiger partial charge on any atom is 0.309 e. The first kappa shape index (κ1) is 20.7. The molecule has 1 fully saturated rings. The van der Waals surface area contributed by atoms with E-state index < -0.39 is 0 Å². The first-order chi connectivity index (χ1) is 14.5. The van der Waals surface area contributed by atoms with E-state index in [0.717, 1.165) is 5.56 Å². The number of hydrogen-bond acceptors (Lipinski definition) is 7. The molecule has 1 saturated heterocycles. The van der Waals surface area contributed by atoms with Crippen LogP contribution in [0.15, 0.2) is 24.3 Å². The van der Waals surface area contributed by atoms with Gasteiger partial charge in [0.15, 0.2) is 5.82 Å². The molecule has 1 aliphatic rings. The van der Waals surface area contributed by atoms with Crippen molar-refractivity contribution in [2.45, 2.75) is 39.2 Å². The van der Waals surface area contributed by atoms with Crippen LogP contribution in [0.3, 0.4) is 0 Å². The Kier molecular flexibility index (Phi) is 6.01. The molecule has 3 aromatic rings. The van der Waals surface area contributed by atoms with Crippen LogP contribution in [0, 0.1) is 11.7 Å². The van der Waals surface area contributed by atoms with Crippen LogP contribution in [-0.2, 0) is 16.0 Å². The second-order valence-corrected chi connectivity index (χ2v) is 8.39. The summed E-state index contributed by atoms with van der Waals surface area (Å²) in [4.78, 5) is 20.0. The molecule has 7 nitrogen and oxygen atoms in total. The highest BCUT2D eigenvalue weighted by Crippen LogP contribution is 2.41. The monoisotopic (exact) mass is 432 g/mol. The van der Waals surface area contributed by atoms with Crippen molar-refractivity contribution in [3.05, 3.63) is 46.3 Å². The third-order valence-electron chi connectivity index (χ3n) is 5.49. The standard InChI is InChI=1S/C21H25FN4O3S/c1-3-16-23-21-26(24-16)19(27)18(30-21)17(14-6-5-7-15(22)12-14)25-10-8-13(9-11-25)20(28)29-4-2/h5-7,12-13,17,27H,3-4,8-11H2,1-2H3. The number of likely N-dealkylation sites (tertiary alicyclic amines) is 1. The highest BCUT2D eigenvalue weighted by atomic mass is 32.1. The van der Waals surface area contributed by atoms with Crippen LogP contribution < -0.4 is 0 Å². The van der Waals surface area contributed by atoms with Gasteiger partial charge in [-0.25, -0.2) is 9.37 Å². The number of rotatable bonds is 6. The topological polar surface area (TPSA) is 80.0 Å². The van der Waals surface area contributed by atoms with E-state index in [9.17, 15) is 14.3 Å². The maximum absolute atomic E-state index is 14.0. The number of ether oxygens (including phenoxy) is 1. The minimum Gasteiger partial charge on any atom is -0.492 e. The predicted octanol–water partition coefficient (Wildman–Crippen LogP) is 3.56. The van der Waals surface area contributed by atoms with E-state index in [4.69, 9.17) is 4.74 Å². The summed E-state index contributed by atoms with van der Waals surface area (Å²) in [7, 11) is 0. The maximum atomic E-state index is 14.0. The number of esters is 1. The first-order valence-corrected chi connectivity index (χ1v) is 11.1. The molecule has 0 aliphatic carbocycles. The van der Waals surface area contributed by atoms with Gasteiger partial charge < -0.3 is 9.84 Å². The minimum atomic E-state index is -0.345. The van der Waals surface area contributed by atoms with Crippen LogP contribution in [-0.4, -0.2) is 50.3 Å². The molecule has 0 amide bonds. The highest BCUT2D eigenvalue weighted by Gasteiger charge is 2.34. The number of hydrogen-bond donors (Lipinski definition) is 1. The van der Waals surface area contributed by atoms with E-state index in [1.807, 2.05) is 13.0 Å². The lowest BCUT2D eigenvalue weighted by Gasteiger charge is -2.36. The highest BCUT2D eigenvalue weighted by molar-refractivity contribution is 7.17. The van der Waals surface area contributed by atoms with E-state index >= 15 is 0 Å². The van der Waals surface area contributed by atoms with Crippen molar-refractivity contribution >= 4 is 22.3 Å². The molecule has 3 heterocycles. The van der Waals surface area contributed by atoms with Gasteiger partial charge in [-0.3, -0.25) is 9.69 Å². The second kappa shape index (κ2) is 8.69. The molecule has 4 rings (SSSR count). The van der Waals surface area contributed by atoms with Crippen molar-refractivity contribution in [3.8, 4) is 5.88 Å². The molecule has 1 unspecified atom stereocenters. The van der Waals surface area contributed by atoms with Crippen molar-refractivity contribution in [3.63, 3.8) is 0 Å². The fraction of sp³-hybridized carbons (Fsp3) is 0.476. The Morgan fingerprint density at radius 3 is 2.77 bits per heavy atom. The zero-order chi connectivity index (χ0) is 21.3. The Morgan fingerprint density at radius 1 is 1.37 bits per heavy atom. The number of aromatic hydroxyl groups is 1. The van der Waals surface area contributed by atoms with Gasteiger partial charge in [0.2, 0.25) is 10.8 Å². The Bertz CT molecular complexity index is 1040. The average molecular weight is 433 g/mol. The lowest BCUT2D eigenvalue weighted by atomic mass is 9.93. The summed E-state index contributed by atoms with van der Waals surface area (Å²) in [5.74, 6) is 0.0846. The minimum absolute atomic E-state index is 0.0315. The average Bonchev–Trinajstić information content (AvgIpc) is 3.28. The van der Waals surface area contributed by atoms with Gasteiger partial charge in [-0.15, -0.1) is 5.10 Å². The van der Waals surface area contributed by atoms with E-state index in [-0.39, 0.29) is 29.6 Å². The molecule has 160 valence electrons. The smallest absolute Gasteiger partial charge is 0.309 e. The van der Waals surface area contributed by atoms with Gasteiger partial charge in [0.05, 0.1) is 23.4 Å². The van der Waals surface area contributed by atoms with Crippen LogP contribution in [0.2, 0.25) is 0 Å². The molecular weight excluding hydrogens is 407 g/mol. The largest absolute Gasteiger partial charge is 0.492 e. The number of nitrogens with zero attached hydrogens (tertiary/aromatic N) is 4. The Hall–Kier alpha value is -2.52. The van der Waals surface area contributed by atoms with Gasteiger partial charge in [0.25, 0.3) is 0 Å². The van der Waals surface area contributed by atoms with E-state index in [0.29, 0.717) is 54.6 Å². The van der Waals surface area contributed by atoms with Crippen molar-refractivity contribution in [1.29, 1.82) is 0 Å². The number of thiazole rings is 1. The number of carbonyl (C=O) groups is 1. The van der Waals surface area contributed by atoms with Crippen LogP contribution in [0.25, 0.3) is 4.96 Å². The Morgan fingerprint density at radius 2 is 2.13 bits per heavy atom. The van der Waals surface area contributed by atoms with E-state index in [1.165, 1.54) is 28.0 Å². The van der Waals surface area contributed by atoms with E-state index in [2.05, 4.69) is 15.0 Å². The molecule has 9 heteroatoms. The van der Waals surface area contributed by atoms with Crippen molar-refractivity contribution < 1.29 is 19.0 Å². The molecule has 1 atom stereocenters. The lowest BCUT2D eigenvalue weighted by molar-refractivity contribution is -0.149. The van der Waals surface area contributed by atoms with Gasteiger partial charge in [-0.2, -0.15) is 4.52 Å². The second-order valence-electron chi connectivity index (χ2n) is 7.39.